The van der Waals surface area contributed by atoms with Crippen molar-refractivity contribution in [2.75, 3.05) is 16.8 Å². The van der Waals surface area contributed by atoms with Crippen molar-refractivity contribution in [3.63, 3.8) is 0 Å². The first-order valence-corrected chi connectivity index (χ1v) is 7.50. The first-order chi connectivity index (χ1) is 8.37. The fraction of sp³-hybridized carbons (Fsp3) is 0.417. The van der Waals surface area contributed by atoms with Crippen LogP contribution >= 0.6 is 0 Å². The second kappa shape index (κ2) is 4.61. The Morgan fingerprint density at radius 1 is 1.44 bits per heavy atom. The van der Waals surface area contributed by atoms with Gasteiger partial charge in [0.1, 0.15) is 0 Å². The fourth-order valence-electron chi connectivity index (χ4n) is 2.09. The Labute approximate surface area is 106 Å². The molecule has 5 nitrogen and oxygen atoms in total. The molecule has 1 fully saturated rings. The number of hydrogen-bond donors (Lipinski definition) is 2. The van der Waals surface area contributed by atoms with Crippen LogP contribution in [0.5, 0.6) is 0 Å². The molecule has 1 aromatic rings. The molecule has 0 radical (unpaired) electrons. The van der Waals surface area contributed by atoms with E-state index in [0.717, 1.165) is 5.56 Å². The van der Waals surface area contributed by atoms with E-state index < -0.39 is 15.8 Å². The van der Waals surface area contributed by atoms with E-state index in [9.17, 15) is 13.2 Å². The van der Waals surface area contributed by atoms with Gasteiger partial charge in [-0.05, 0) is 25.5 Å². The van der Waals surface area contributed by atoms with Crippen molar-refractivity contribution in [1.82, 2.24) is 0 Å². The molecule has 1 aliphatic rings. The zero-order chi connectivity index (χ0) is 13.3. The molecule has 0 amide bonds. The topological polar surface area (TPSA) is 83.5 Å². The van der Waals surface area contributed by atoms with Gasteiger partial charge in [-0.15, -0.1) is 0 Å². The molecule has 1 unspecified atom stereocenters. The third-order valence-electron chi connectivity index (χ3n) is 3.00. The van der Waals surface area contributed by atoms with Gasteiger partial charge in [-0.2, -0.15) is 0 Å². The number of aromatic carboxylic acids is 1. The Hall–Kier alpha value is -1.56. The lowest BCUT2D eigenvalue weighted by Gasteiger charge is -2.15. The lowest BCUT2D eigenvalue weighted by molar-refractivity contribution is 0.0698. The molecule has 0 aliphatic carbocycles. The number of carbonyl (C=O) groups is 1. The van der Waals surface area contributed by atoms with E-state index in [1.165, 1.54) is 0 Å². The average Bonchev–Trinajstić information content (AvgIpc) is 2.60. The maximum atomic E-state index is 11.3. The molecule has 2 N–H and O–H groups in total. The highest BCUT2D eigenvalue weighted by Gasteiger charge is 2.28. The molecule has 1 atom stereocenters. The van der Waals surface area contributed by atoms with Crippen molar-refractivity contribution in [3.05, 3.63) is 29.3 Å². The van der Waals surface area contributed by atoms with E-state index in [-0.39, 0.29) is 23.1 Å². The monoisotopic (exact) mass is 269 g/mol. The first-order valence-electron chi connectivity index (χ1n) is 5.68. The van der Waals surface area contributed by atoms with E-state index in [2.05, 4.69) is 5.32 Å². The van der Waals surface area contributed by atoms with Crippen molar-refractivity contribution in [3.8, 4) is 0 Å². The molecule has 0 aromatic heterocycles. The largest absolute Gasteiger partial charge is 0.478 e. The lowest BCUT2D eigenvalue weighted by Crippen LogP contribution is -2.22. The van der Waals surface area contributed by atoms with E-state index in [1.807, 2.05) is 6.92 Å². The van der Waals surface area contributed by atoms with Gasteiger partial charge in [0.15, 0.2) is 9.84 Å². The zero-order valence-electron chi connectivity index (χ0n) is 10.0. The first kappa shape index (κ1) is 12.9. The molecule has 6 heteroatoms. The molecule has 0 saturated carbocycles. The number of nitrogens with one attached hydrogen (secondary N) is 1. The summed E-state index contributed by atoms with van der Waals surface area (Å²) in [6, 6.07) is 4.87. The summed E-state index contributed by atoms with van der Waals surface area (Å²) >= 11 is 0. The second-order valence-corrected chi connectivity index (χ2v) is 6.83. The van der Waals surface area contributed by atoms with Crippen LogP contribution in [0.1, 0.15) is 22.3 Å². The molecule has 1 aromatic carbocycles. The summed E-state index contributed by atoms with van der Waals surface area (Å²) in [5.74, 6) is -0.777. The van der Waals surface area contributed by atoms with Crippen LogP contribution in [0.4, 0.5) is 5.69 Å². The molecule has 98 valence electrons. The van der Waals surface area contributed by atoms with Gasteiger partial charge >= 0.3 is 5.97 Å². The predicted molar refractivity (Wildman–Crippen MR) is 68.8 cm³/mol. The SMILES string of the molecule is Cc1ccc(NC2CCS(=O)(=O)C2)c(C(=O)O)c1. The smallest absolute Gasteiger partial charge is 0.337 e. The Morgan fingerprint density at radius 3 is 2.72 bits per heavy atom. The van der Waals surface area contributed by atoms with Gasteiger partial charge in [0, 0.05) is 11.7 Å². The summed E-state index contributed by atoms with van der Waals surface area (Å²) in [6.07, 6.45) is 0.523. The summed E-state index contributed by atoms with van der Waals surface area (Å²) in [7, 11) is -2.97. The van der Waals surface area contributed by atoms with Crippen LogP contribution in [0, 0.1) is 6.92 Å². The Morgan fingerprint density at radius 2 is 2.17 bits per heavy atom. The molecular formula is C12H15NO4S. The van der Waals surface area contributed by atoms with Crippen LogP contribution in [0.25, 0.3) is 0 Å². The fourth-order valence-corrected chi connectivity index (χ4v) is 3.76. The maximum Gasteiger partial charge on any atom is 0.337 e. The van der Waals surface area contributed by atoms with Gasteiger partial charge < -0.3 is 10.4 Å². The van der Waals surface area contributed by atoms with Gasteiger partial charge in [0.25, 0.3) is 0 Å². The van der Waals surface area contributed by atoms with Gasteiger partial charge in [0.05, 0.1) is 17.1 Å². The van der Waals surface area contributed by atoms with Crippen LogP contribution < -0.4 is 5.32 Å². The standard InChI is InChI=1S/C12H15NO4S/c1-8-2-3-11(10(6-8)12(14)15)13-9-4-5-18(16,17)7-9/h2-3,6,9,13H,4-5,7H2,1H3,(H,14,15). The molecule has 18 heavy (non-hydrogen) atoms. The minimum absolute atomic E-state index is 0.0694. The van der Waals surface area contributed by atoms with E-state index in [4.69, 9.17) is 5.11 Å². The number of rotatable bonds is 3. The third-order valence-corrected chi connectivity index (χ3v) is 4.77. The van der Waals surface area contributed by atoms with Crippen molar-refractivity contribution >= 4 is 21.5 Å². The summed E-state index contributed by atoms with van der Waals surface area (Å²) in [6.45, 7) is 1.82. The van der Waals surface area contributed by atoms with Crippen molar-refractivity contribution in [1.29, 1.82) is 0 Å². The van der Waals surface area contributed by atoms with E-state index in [1.54, 1.807) is 18.2 Å². The van der Waals surface area contributed by atoms with E-state index >= 15 is 0 Å². The number of aryl methyl sites for hydroxylation is 1. The molecule has 0 bridgehead atoms. The normalized spacial score (nSPS) is 21.7. The third kappa shape index (κ3) is 2.81. The molecular weight excluding hydrogens is 254 g/mol. The van der Waals surface area contributed by atoms with E-state index in [0.29, 0.717) is 12.1 Å². The summed E-state index contributed by atoms with van der Waals surface area (Å²) < 4.78 is 22.7. The molecule has 2 rings (SSSR count). The number of sulfone groups is 1. The van der Waals surface area contributed by atoms with Gasteiger partial charge in [0.2, 0.25) is 0 Å². The highest BCUT2D eigenvalue weighted by Crippen LogP contribution is 2.22. The summed E-state index contributed by atoms with van der Waals surface area (Å²) in [4.78, 5) is 11.1. The highest BCUT2D eigenvalue weighted by atomic mass is 32.2. The quantitative estimate of drug-likeness (QED) is 0.864. The Kier molecular flexibility index (Phi) is 3.30. The average molecular weight is 269 g/mol. The number of carboxylic acids is 1. The maximum absolute atomic E-state index is 11.3. The molecule has 1 saturated heterocycles. The van der Waals surface area contributed by atoms with Gasteiger partial charge in [-0.1, -0.05) is 11.6 Å². The van der Waals surface area contributed by atoms with Crippen LogP contribution in [-0.2, 0) is 9.84 Å². The van der Waals surface area contributed by atoms with Crippen LogP contribution in [0.3, 0.4) is 0 Å². The number of carboxylic acid groups (broad SMARTS) is 1. The minimum atomic E-state index is -2.97. The van der Waals surface area contributed by atoms with Crippen molar-refractivity contribution < 1.29 is 18.3 Å². The van der Waals surface area contributed by atoms with Crippen molar-refractivity contribution in [2.24, 2.45) is 0 Å². The van der Waals surface area contributed by atoms with Gasteiger partial charge in [-0.25, -0.2) is 13.2 Å². The summed E-state index contributed by atoms with van der Waals surface area (Å²) in [5, 5.41) is 12.1. The molecule has 1 aliphatic heterocycles. The van der Waals surface area contributed by atoms with Crippen molar-refractivity contribution in [2.45, 2.75) is 19.4 Å². The zero-order valence-corrected chi connectivity index (χ0v) is 10.8. The molecule has 1 heterocycles. The lowest BCUT2D eigenvalue weighted by atomic mass is 10.1. The van der Waals surface area contributed by atoms with Crippen LogP contribution in [0.2, 0.25) is 0 Å². The second-order valence-electron chi connectivity index (χ2n) is 4.60. The summed E-state index contributed by atoms with van der Waals surface area (Å²) in [5.41, 5.74) is 1.52. The molecule has 0 spiro atoms. The highest BCUT2D eigenvalue weighted by molar-refractivity contribution is 7.91. The number of anilines is 1. The minimum Gasteiger partial charge on any atom is -0.478 e. The number of benzene rings is 1. The Balaban J connectivity index is 2.22. The predicted octanol–water partition coefficient (Wildman–Crippen LogP) is 1.29. The van der Waals surface area contributed by atoms with Crippen LogP contribution in [-0.4, -0.2) is 37.0 Å². The van der Waals surface area contributed by atoms with Gasteiger partial charge in [-0.3, -0.25) is 0 Å². The Bertz CT molecular complexity index is 580. The van der Waals surface area contributed by atoms with Crippen LogP contribution in [0.15, 0.2) is 18.2 Å². The number of hydrogen-bond acceptors (Lipinski definition) is 4.